The van der Waals surface area contributed by atoms with Crippen molar-refractivity contribution in [2.45, 2.75) is 46.3 Å². The van der Waals surface area contributed by atoms with Gasteiger partial charge in [0.2, 0.25) is 0 Å². The van der Waals surface area contributed by atoms with E-state index in [0.717, 1.165) is 22.3 Å². The lowest BCUT2D eigenvalue weighted by molar-refractivity contribution is 0.0940. The van der Waals surface area contributed by atoms with Crippen molar-refractivity contribution in [2.24, 2.45) is 0 Å². The summed E-state index contributed by atoms with van der Waals surface area (Å²) in [4.78, 5) is 15.8. The summed E-state index contributed by atoms with van der Waals surface area (Å²) in [6.45, 7) is 10.4. The summed E-state index contributed by atoms with van der Waals surface area (Å²) < 4.78 is 0.737. The zero-order chi connectivity index (χ0) is 17.7. The largest absolute Gasteiger partial charge is 0.345 e. The highest BCUT2D eigenvalue weighted by Crippen LogP contribution is 2.26. The Morgan fingerprint density at radius 3 is 2.33 bits per heavy atom. The number of carbonyl (C=O) groups excluding carboxylic acids is 1. The molecule has 1 N–H and O–H groups in total. The van der Waals surface area contributed by atoms with Gasteiger partial charge in [-0.25, -0.2) is 0 Å². The summed E-state index contributed by atoms with van der Waals surface area (Å²) in [6.07, 6.45) is 0. The molecular weight excluding hydrogens is 340 g/mol. The number of hydrogen-bond donors (Lipinski definition) is 1. The Balaban J connectivity index is 1.98. The van der Waals surface area contributed by atoms with Crippen LogP contribution in [-0.4, -0.2) is 23.4 Å². The summed E-state index contributed by atoms with van der Waals surface area (Å²) in [5, 5.41) is 3.02. The van der Waals surface area contributed by atoms with Crippen LogP contribution < -0.4 is 5.32 Å². The van der Waals surface area contributed by atoms with Crippen molar-refractivity contribution in [2.75, 3.05) is 6.54 Å². The van der Waals surface area contributed by atoms with E-state index in [1.807, 2.05) is 43.3 Å². The molecule has 0 saturated heterocycles. The Hall–Kier alpha value is -1.36. The number of nitrogens with one attached hydrogen (secondary N) is 1. The van der Waals surface area contributed by atoms with Crippen molar-refractivity contribution in [1.82, 2.24) is 10.2 Å². The van der Waals surface area contributed by atoms with Gasteiger partial charge in [-0.1, -0.05) is 30.7 Å². The standard InChI is InChI=1S/C19H25ClN2OS/c1-5-22(13(2)3)12-15-6-8-16(9-7-15)19(23)21-14(4)17-10-11-18(20)24-17/h6-11,13-14H,5,12H2,1-4H3,(H,21,23). The lowest BCUT2D eigenvalue weighted by Gasteiger charge is -2.24. The molecule has 0 fully saturated rings. The molecule has 0 aliphatic heterocycles. The second kappa shape index (κ2) is 8.65. The van der Waals surface area contributed by atoms with Gasteiger partial charge in [0, 0.05) is 23.0 Å². The molecule has 2 aromatic rings. The number of thiophene rings is 1. The van der Waals surface area contributed by atoms with E-state index in [0.29, 0.717) is 11.6 Å². The van der Waals surface area contributed by atoms with E-state index in [9.17, 15) is 4.79 Å². The average Bonchev–Trinajstić information content (AvgIpc) is 2.99. The first-order chi connectivity index (χ1) is 11.4. The maximum atomic E-state index is 12.4. The molecule has 2 rings (SSSR count). The molecule has 0 bridgehead atoms. The van der Waals surface area contributed by atoms with Crippen molar-refractivity contribution >= 4 is 28.8 Å². The van der Waals surface area contributed by atoms with Gasteiger partial charge < -0.3 is 5.32 Å². The van der Waals surface area contributed by atoms with E-state index in [1.165, 1.54) is 16.9 Å². The van der Waals surface area contributed by atoms with Gasteiger partial charge in [0.25, 0.3) is 5.91 Å². The van der Waals surface area contributed by atoms with E-state index < -0.39 is 0 Å². The van der Waals surface area contributed by atoms with Crippen LogP contribution in [0.2, 0.25) is 4.34 Å². The summed E-state index contributed by atoms with van der Waals surface area (Å²) in [6, 6.07) is 12.1. The van der Waals surface area contributed by atoms with Crippen LogP contribution in [0.1, 0.15) is 54.5 Å². The lowest BCUT2D eigenvalue weighted by Crippen LogP contribution is -2.30. The van der Waals surface area contributed by atoms with Gasteiger partial charge in [-0.05, 0) is 57.1 Å². The smallest absolute Gasteiger partial charge is 0.251 e. The van der Waals surface area contributed by atoms with Crippen LogP contribution in [0.4, 0.5) is 0 Å². The summed E-state index contributed by atoms with van der Waals surface area (Å²) >= 11 is 7.45. The molecule has 1 amide bonds. The van der Waals surface area contributed by atoms with Crippen molar-refractivity contribution in [3.63, 3.8) is 0 Å². The molecule has 1 aromatic heterocycles. The first-order valence-electron chi connectivity index (χ1n) is 8.29. The molecule has 0 aliphatic rings. The van der Waals surface area contributed by atoms with Gasteiger partial charge in [-0.3, -0.25) is 9.69 Å². The van der Waals surface area contributed by atoms with E-state index in [4.69, 9.17) is 11.6 Å². The minimum absolute atomic E-state index is 0.0498. The van der Waals surface area contributed by atoms with Crippen LogP contribution in [0.15, 0.2) is 36.4 Å². The SMILES string of the molecule is CCN(Cc1ccc(C(=O)NC(C)c2ccc(Cl)s2)cc1)C(C)C. The van der Waals surface area contributed by atoms with Gasteiger partial charge in [0.05, 0.1) is 10.4 Å². The highest BCUT2D eigenvalue weighted by Gasteiger charge is 2.14. The Morgan fingerprint density at radius 1 is 1.17 bits per heavy atom. The number of carbonyl (C=O) groups is 1. The van der Waals surface area contributed by atoms with Crippen LogP contribution in [0.5, 0.6) is 0 Å². The topological polar surface area (TPSA) is 32.3 Å². The molecule has 3 nitrogen and oxygen atoms in total. The van der Waals surface area contributed by atoms with Crippen LogP contribution in [0.25, 0.3) is 0 Å². The molecule has 1 unspecified atom stereocenters. The normalized spacial score (nSPS) is 12.6. The Kier molecular flexibility index (Phi) is 6.84. The first kappa shape index (κ1) is 19.0. The Bertz CT molecular complexity index is 666. The molecule has 1 heterocycles. The van der Waals surface area contributed by atoms with Crippen molar-refractivity contribution in [3.8, 4) is 0 Å². The summed E-state index contributed by atoms with van der Waals surface area (Å²) in [5.74, 6) is -0.0604. The fourth-order valence-electron chi connectivity index (χ4n) is 2.57. The Morgan fingerprint density at radius 2 is 1.83 bits per heavy atom. The molecule has 0 radical (unpaired) electrons. The van der Waals surface area contributed by atoms with E-state index in [1.54, 1.807) is 0 Å². The number of amides is 1. The fourth-order valence-corrected chi connectivity index (χ4v) is 3.63. The van der Waals surface area contributed by atoms with Crippen LogP contribution in [0, 0.1) is 0 Å². The predicted octanol–water partition coefficient (Wildman–Crippen LogP) is 5.12. The van der Waals surface area contributed by atoms with Gasteiger partial charge >= 0.3 is 0 Å². The number of halogens is 1. The maximum Gasteiger partial charge on any atom is 0.251 e. The van der Waals surface area contributed by atoms with Crippen LogP contribution in [0.3, 0.4) is 0 Å². The molecule has 0 saturated carbocycles. The third-order valence-corrected chi connectivity index (χ3v) is 5.52. The quantitative estimate of drug-likeness (QED) is 0.739. The number of nitrogens with zero attached hydrogens (tertiary/aromatic N) is 1. The Labute approximate surface area is 153 Å². The molecule has 24 heavy (non-hydrogen) atoms. The monoisotopic (exact) mass is 364 g/mol. The zero-order valence-corrected chi connectivity index (χ0v) is 16.2. The molecule has 0 spiro atoms. The predicted molar refractivity (Wildman–Crippen MR) is 103 cm³/mol. The third-order valence-electron chi connectivity index (χ3n) is 4.11. The van der Waals surface area contributed by atoms with Crippen LogP contribution >= 0.6 is 22.9 Å². The van der Waals surface area contributed by atoms with E-state index in [2.05, 4.69) is 31.0 Å². The van der Waals surface area contributed by atoms with Crippen LogP contribution in [-0.2, 0) is 6.54 Å². The molecule has 0 aliphatic carbocycles. The molecule has 1 aromatic carbocycles. The second-order valence-electron chi connectivity index (χ2n) is 6.19. The van der Waals surface area contributed by atoms with Crippen molar-refractivity contribution in [1.29, 1.82) is 0 Å². The lowest BCUT2D eigenvalue weighted by atomic mass is 10.1. The molecule has 130 valence electrons. The van der Waals surface area contributed by atoms with E-state index >= 15 is 0 Å². The number of rotatable bonds is 7. The number of benzene rings is 1. The van der Waals surface area contributed by atoms with Crippen molar-refractivity contribution < 1.29 is 4.79 Å². The summed E-state index contributed by atoms with van der Waals surface area (Å²) in [7, 11) is 0. The number of hydrogen-bond acceptors (Lipinski definition) is 3. The first-order valence-corrected chi connectivity index (χ1v) is 9.49. The second-order valence-corrected chi connectivity index (χ2v) is 7.94. The minimum atomic E-state index is -0.0604. The molecule has 5 heteroatoms. The molecule has 1 atom stereocenters. The van der Waals surface area contributed by atoms with Gasteiger partial charge in [0.15, 0.2) is 0 Å². The van der Waals surface area contributed by atoms with Gasteiger partial charge in [-0.2, -0.15) is 0 Å². The van der Waals surface area contributed by atoms with Gasteiger partial charge in [-0.15, -0.1) is 11.3 Å². The third kappa shape index (κ3) is 5.07. The van der Waals surface area contributed by atoms with Gasteiger partial charge in [0.1, 0.15) is 0 Å². The van der Waals surface area contributed by atoms with E-state index in [-0.39, 0.29) is 11.9 Å². The maximum absolute atomic E-state index is 12.4. The fraction of sp³-hybridized carbons (Fsp3) is 0.421. The summed E-state index contributed by atoms with van der Waals surface area (Å²) in [5.41, 5.74) is 1.90. The molecular formula is C19H25ClN2OS. The highest BCUT2D eigenvalue weighted by molar-refractivity contribution is 7.16. The highest BCUT2D eigenvalue weighted by atomic mass is 35.5. The minimum Gasteiger partial charge on any atom is -0.345 e. The zero-order valence-electron chi connectivity index (χ0n) is 14.7. The van der Waals surface area contributed by atoms with Crippen molar-refractivity contribution in [3.05, 3.63) is 56.7 Å². The average molecular weight is 365 g/mol.